The van der Waals surface area contributed by atoms with E-state index in [1.54, 1.807) is 0 Å². The second-order valence-corrected chi connectivity index (χ2v) is 14.2. The van der Waals surface area contributed by atoms with Gasteiger partial charge in [-0.25, -0.2) is 0 Å². The third kappa shape index (κ3) is 5.70. The largest absolute Gasteiger partial charge is 0.354 e. The van der Waals surface area contributed by atoms with Crippen LogP contribution in [0, 0.1) is 41.5 Å². The predicted molar refractivity (Wildman–Crippen MR) is 191 cm³/mol. The normalized spacial score (nSPS) is 19.5. The van der Waals surface area contributed by atoms with Gasteiger partial charge >= 0.3 is 0 Å². The molecule has 2 N–H and O–H groups in total. The van der Waals surface area contributed by atoms with E-state index >= 15 is 0 Å². The van der Waals surface area contributed by atoms with E-state index in [2.05, 4.69) is 112 Å². The summed E-state index contributed by atoms with van der Waals surface area (Å²) in [5.41, 5.74) is 17.1. The molecule has 3 aromatic heterocycles. The van der Waals surface area contributed by atoms with E-state index in [1.807, 2.05) is 23.8 Å². The summed E-state index contributed by atoms with van der Waals surface area (Å²) in [7, 11) is 0. The zero-order valence-corrected chi connectivity index (χ0v) is 28.0. The number of aromatic amines is 2. The molecule has 0 saturated heterocycles. The third-order valence-electron chi connectivity index (χ3n) is 9.41. The van der Waals surface area contributed by atoms with Crippen LogP contribution in [0.2, 0.25) is 0 Å². The number of aryl methyl sites for hydroxylation is 6. The Morgan fingerprint density at radius 3 is 1.36 bits per heavy atom. The lowest BCUT2D eigenvalue weighted by atomic mass is 9.91. The summed E-state index contributed by atoms with van der Waals surface area (Å²) in [5.74, 6) is 0. The molecular weight excluding hydrogens is 569 g/mol. The van der Waals surface area contributed by atoms with Gasteiger partial charge in [0, 0.05) is 44.0 Å². The Balaban J connectivity index is 1.57. The first kappa shape index (κ1) is 29.5. The average Bonchev–Trinajstić information content (AvgIpc) is 3.76. The number of nitrogens with one attached hydrogen (secondary N) is 2. The summed E-state index contributed by atoms with van der Waals surface area (Å²) >= 11 is 1.86. The summed E-state index contributed by atoms with van der Waals surface area (Å²) < 4.78 is 2.49. The maximum Gasteiger partial charge on any atom is 0.0723 e. The van der Waals surface area contributed by atoms with Crippen LogP contribution in [0.4, 0.5) is 0 Å². The minimum absolute atomic E-state index is 0.191. The highest BCUT2D eigenvalue weighted by atomic mass is 32.1. The summed E-state index contributed by atoms with van der Waals surface area (Å²) in [6.45, 7) is 13.3. The minimum Gasteiger partial charge on any atom is -0.354 e. The maximum atomic E-state index is 5.10. The number of aromatic nitrogens is 2. The van der Waals surface area contributed by atoms with Crippen LogP contribution in [-0.2, 0) is 0 Å². The second kappa shape index (κ2) is 11.9. The Bertz CT molecular complexity index is 1900. The van der Waals surface area contributed by atoms with Crippen molar-refractivity contribution >= 4 is 34.9 Å². The SMILES string of the molecule is Cc1cc(C)c(C2=c3cc/c(s3)=C(/c3c(C)cc(C)cc3C)c3ccc([nH]3)C=N[C@@H]3CCCC[C@H]3N=Cc3ccc2[nH]3)c(C)c1. The van der Waals surface area contributed by atoms with Crippen molar-refractivity contribution in [2.24, 2.45) is 9.98 Å². The number of hydrogen-bond acceptors (Lipinski definition) is 3. The van der Waals surface area contributed by atoms with E-state index in [4.69, 9.17) is 9.98 Å². The Kier molecular flexibility index (Phi) is 7.83. The zero-order valence-electron chi connectivity index (χ0n) is 27.2. The smallest absolute Gasteiger partial charge is 0.0723 e. The van der Waals surface area contributed by atoms with Crippen molar-refractivity contribution in [3.8, 4) is 0 Å². The monoisotopic (exact) mass is 610 g/mol. The van der Waals surface area contributed by atoms with Crippen molar-refractivity contribution in [3.05, 3.63) is 137 Å². The molecule has 5 aromatic rings. The van der Waals surface area contributed by atoms with Crippen molar-refractivity contribution in [2.45, 2.75) is 79.3 Å². The molecule has 1 aliphatic carbocycles. The molecule has 5 heteroatoms. The maximum absolute atomic E-state index is 5.10. The Hall–Kier alpha value is -4.22. The highest BCUT2D eigenvalue weighted by molar-refractivity contribution is 7.08. The number of nitrogens with zero attached hydrogens (tertiary/aromatic N) is 2. The van der Waals surface area contributed by atoms with E-state index in [-0.39, 0.29) is 12.1 Å². The van der Waals surface area contributed by atoms with E-state index in [9.17, 15) is 0 Å². The summed E-state index contributed by atoms with van der Waals surface area (Å²) in [6, 6.07) is 23.0. The van der Waals surface area contributed by atoms with E-state index in [1.165, 1.54) is 77.6 Å². The van der Waals surface area contributed by atoms with Crippen LogP contribution in [0.5, 0.6) is 0 Å². The van der Waals surface area contributed by atoms with Gasteiger partial charge in [-0.15, -0.1) is 11.3 Å². The van der Waals surface area contributed by atoms with E-state index in [0.717, 1.165) is 35.6 Å². The highest BCUT2D eigenvalue weighted by Gasteiger charge is 2.24. The quantitative estimate of drug-likeness (QED) is 0.204. The number of thiophene rings is 1. The molecule has 0 amide bonds. The first-order valence-electron chi connectivity index (χ1n) is 16.2. The van der Waals surface area contributed by atoms with Crippen molar-refractivity contribution in [2.75, 3.05) is 0 Å². The molecule has 0 unspecified atom stereocenters. The molecule has 2 aromatic carbocycles. The Labute approximate surface area is 270 Å². The van der Waals surface area contributed by atoms with Gasteiger partial charge in [0.15, 0.2) is 0 Å². The zero-order chi connectivity index (χ0) is 31.2. The minimum atomic E-state index is 0.191. The van der Waals surface area contributed by atoms with Gasteiger partial charge in [-0.05, 0) is 124 Å². The van der Waals surface area contributed by atoms with Crippen LogP contribution >= 0.6 is 11.3 Å². The summed E-state index contributed by atoms with van der Waals surface area (Å²) in [6.07, 6.45) is 8.62. The van der Waals surface area contributed by atoms with Crippen LogP contribution in [0.3, 0.4) is 0 Å². The molecule has 7 rings (SSSR count). The molecule has 228 valence electrons. The van der Waals surface area contributed by atoms with Crippen molar-refractivity contribution < 1.29 is 0 Å². The fraction of sp³-hybridized carbons (Fsp3) is 0.300. The van der Waals surface area contributed by atoms with E-state index < -0.39 is 0 Å². The van der Waals surface area contributed by atoms with Crippen molar-refractivity contribution in [3.63, 3.8) is 0 Å². The number of H-pyrrole nitrogens is 2. The molecule has 4 heterocycles. The molecule has 0 spiro atoms. The number of hydrogen-bond donors (Lipinski definition) is 2. The first-order valence-corrected chi connectivity index (χ1v) is 17.0. The van der Waals surface area contributed by atoms with Crippen LogP contribution in [0.1, 0.15) is 93.0 Å². The van der Waals surface area contributed by atoms with Crippen molar-refractivity contribution in [1.29, 1.82) is 0 Å². The second-order valence-electron chi connectivity index (χ2n) is 13.1. The fourth-order valence-corrected chi connectivity index (χ4v) is 8.73. The molecular formula is C40H42N4S. The molecule has 1 saturated carbocycles. The topological polar surface area (TPSA) is 56.3 Å². The molecule has 1 aliphatic heterocycles. The molecule has 4 nitrogen and oxygen atoms in total. The molecule has 45 heavy (non-hydrogen) atoms. The Morgan fingerprint density at radius 1 is 0.556 bits per heavy atom. The lowest BCUT2D eigenvalue weighted by molar-refractivity contribution is 0.390. The van der Waals surface area contributed by atoms with Gasteiger partial charge in [0.1, 0.15) is 0 Å². The summed E-state index contributed by atoms with van der Waals surface area (Å²) in [4.78, 5) is 17.7. The predicted octanol–water partition coefficient (Wildman–Crippen LogP) is 7.91. The van der Waals surface area contributed by atoms with Gasteiger partial charge in [0.2, 0.25) is 0 Å². The van der Waals surface area contributed by atoms with Crippen molar-refractivity contribution in [1.82, 2.24) is 9.97 Å². The number of aliphatic imine (C=N–C) groups is 2. The van der Waals surface area contributed by atoms with Gasteiger partial charge in [-0.2, -0.15) is 0 Å². The van der Waals surface area contributed by atoms with Gasteiger partial charge < -0.3 is 9.97 Å². The number of benzene rings is 2. The molecule has 2 atom stereocenters. The molecule has 2 aliphatic rings. The lowest BCUT2D eigenvalue weighted by Gasteiger charge is -2.25. The van der Waals surface area contributed by atoms with Gasteiger partial charge in [0.25, 0.3) is 0 Å². The highest BCUT2D eigenvalue weighted by Crippen LogP contribution is 2.31. The number of rotatable bonds is 2. The molecule has 1 fully saturated rings. The summed E-state index contributed by atoms with van der Waals surface area (Å²) in [5, 5.41) is 0. The van der Waals surface area contributed by atoms with Crippen LogP contribution < -0.4 is 9.06 Å². The van der Waals surface area contributed by atoms with Crippen LogP contribution in [0.25, 0.3) is 11.1 Å². The van der Waals surface area contributed by atoms with Crippen LogP contribution in [-0.4, -0.2) is 34.5 Å². The fourth-order valence-electron chi connectivity index (χ4n) is 7.59. The van der Waals surface area contributed by atoms with E-state index in [0.29, 0.717) is 0 Å². The Morgan fingerprint density at radius 2 is 0.956 bits per heavy atom. The standard InChI is InChI=1S/C40H42N4S/c1-23-17-25(3)37(26(4)18-23)39-33-13-11-29(43-33)21-41-31-9-7-8-10-32(31)42-22-30-12-14-34(44-30)40(36-16-15-35(39)45-36)38-27(5)19-24(2)20-28(38)6/h11-22,31-32,43-44H,7-10H2,1-6H3/b39-35-,40-36?,41-21?,42-22?/t31-,32-/m1/s1. The van der Waals surface area contributed by atoms with Gasteiger partial charge in [0.05, 0.1) is 23.5 Å². The third-order valence-corrected chi connectivity index (χ3v) is 10.5. The average molecular weight is 611 g/mol. The number of fused-ring (bicyclic) bond motifs is 7. The molecule has 0 radical (unpaired) electrons. The molecule has 6 bridgehead atoms. The van der Waals surface area contributed by atoms with Gasteiger partial charge in [-0.3, -0.25) is 9.98 Å². The van der Waals surface area contributed by atoms with Crippen LogP contribution in [0.15, 0.2) is 70.6 Å². The first-order chi connectivity index (χ1) is 21.7. The lowest BCUT2D eigenvalue weighted by Crippen LogP contribution is -2.27. The van der Waals surface area contributed by atoms with Gasteiger partial charge in [-0.1, -0.05) is 48.2 Å².